The van der Waals surface area contributed by atoms with Crippen molar-refractivity contribution in [2.75, 3.05) is 13.7 Å². The van der Waals surface area contributed by atoms with Crippen LogP contribution in [-0.2, 0) is 4.74 Å². The Kier molecular flexibility index (Phi) is 6.85. The smallest absolute Gasteiger partial charge is 0.341 e. The number of amides is 1. The Balaban J connectivity index is 1.86. The van der Waals surface area contributed by atoms with Crippen molar-refractivity contribution in [1.29, 1.82) is 0 Å². The summed E-state index contributed by atoms with van der Waals surface area (Å²) in [7, 11) is 1.55. The molecule has 1 aromatic carbocycles. The lowest BCUT2D eigenvalue weighted by atomic mass is 9.94. The summed E-state index contributed by atoms with van der Waals surface area (Å²) < 4.78 is 13.8. The molecule has 190 valence electrons. The highest BCUT2D eigenvalue weighted by atomic mass is 16.5. The van der Waals surface area contributed by atoms with E-state index in [1.807, 2.05) is 10.6 Å². The van der Waals surface area contributed by atoms with Crippen LogP contribution in [0.2, 0.25) is 0 Å². The van der Waals surface area contributed by atoms with Gasteiger partial charge in [0.2, 0.25) is 0 Å². The maximum absolute atomic E-state index is 13.5. The van der Waals surface area contributed by atoms with Crippen LogP contribution in [0.25, 0.3) is 16.7 Å². The van der Waals surface area contributed by atoms with Crippen LogP contribution in [0, 0.1) is 0 Å². The normalized spacial score (nSPS) is 14.7. The minimum absolute atomic E-state index is 0.0663. The Labute approximate surface area is 213 Å². The number of aromatic nitrogens is 3. The standard InChI is InChI=1S/C28H28N4O5/c1-3-37-28(35)22-17-21-24(29-23-11-7-8-16-31(23)27(21)34)32(19-9-5-4-6-10-19)25(22)30-26(33)18-12-14-20(36-2)15-13-18/h7-8,11-17,19H,3-6,9-10H2,1-2H3. The molecular weight excluding hydrogens is 472 g/mol. The predicted molar refractivity (Wildman–Crippen MR) is 138 cm³/mol. The number of carbonyl (C=O) groups excluding carboxylic acids is 2. The quantitative estimate of drug-likeness (QED) is 0.302. The SMILES string of the molecule is CCOC(=O)c1cc2c(=O)n3ccccc3nc2n(C2CCCCC2)c1=NC(=O)c1ccc(OC)cc1. The molecule has 0 unspecified atom stereocenters. The zero-order valence-electron chi connectivity index (χ0n) is 20.8. The molecule has 0 N–H and O–H groups in total. The van der Waals surface area contributed by atoms with Gasteiger partial charge in [0.15, 0.2) is 5.49 Å². The summed E-state index contributed by atoms with van der Waals surface area (Å²) in [5.41, 5.74) is 1.14. The number of benzene rings is 1. The number of nitrogens with zero attached hydrogens (tertiary/aromatic N) is 4. The van der Waals surface area contributed by atoms with Gasteiger partial charge in [0.1, 0.15) is 22.6 Å². The summed E-state index contributed by atoms with van der Waals surface area (Å²) in [4.78, 5) is 49.3. The van der Waals surface area contributed by atoms with Crippen LogP contribution in [0.3, 0.4) is 0 Å². The average molecular weight is 501 g/mol. The fraction of sp³-hybridized carbons (Fsp3) is 0.321. The molecule has 1 saturated carbocycles. The molecule has 9 nitrogen and oxygen atoms in total. The molecule has 0 bridgehead atoms. The van der Waals surface area contributed by atoms with Crippen molar-refractivity contribution in [3.8, 4) is 5.75 Å². The van der Waals surface area contributed by atoms with Gasteiger partial charge in [0.05, 0.1) is 19.1 Å². The number of hydrogen-bond donors (Lipinski definition) is 0. The predicted octanol–water partition coefficient (Wildman–Crippen LogP) is 4.08. The van der Waals surface area contributed by atoms with Gasteiger partial charge < -0.3 is 14.0 Å². The summed E-state index contributed by atoms with van der Waals surface area (Å²) in [6.45, 7) is 1.85. The molecule has 0 radical (unpaired) electrons. The van der Waals surface area contributed by atoms with E-state index in [1.54, 1.807) is 56.6 Å². The number of carbonyl (C=O) groups is 2. The van der Waals surface area contributed by atoms with Gasteiger partial charge >= 0.3 is 5.97 Å². The fourth-order valence-corrected chi connectivity index (χ4v) is 4.89. The number of esters is 1. The van der Waals surface area contributed by atoms with E-state index in [1.165, 1.54) is 10.5 Å². The monoisotopic (exact) mass is 500 g/mol. The molecule has 0 spiro atoms. The summed E-state index contributed by atoms with van der Waals surface area (Å²) in [5, 5.41) is 0.271. The lowest BCUT2D eigenvalue weighted by Crippen LogP contribution is -2.35. The molecule has 0 aliphatic heterocycles. The zero-order chi connectivity index (χ0) is 25.9. The summed E-state index contributed by atoms with van der Waals surface area (Å²) in [6, 6.07) is 13.3. The van der Waals surface area contributed by atoms with Crippen LogP contribution in [0.5, 0.6) is 5.75 Å². The number of methoxy groups -OCH3 is 1. The maximum Gasteiger partial charge on any atom is 0.341 e. The second-order valence-corrected chi connectivity index (χ2v) is 8.99. The van der Waals surface area contributed by atoms with Crippen LogP contribution in [0.4, 0.5) is 0 Å². The molecule has 5 rings (SSSR count). The van der Waals surface area contributed by atoms with Gasteiger partial charge in [-0.25, -0.2) is 9.78 Å². The van der Waals surface area contributed by atoms with Crippen LogP contribution in [0.1, 0.15) is 65.8 Å². The number of pyridine rings is 2. The van der Waals surface area contributed by atoms with Gasteiger partial charge in [-0.1, -0.05) is 25.3 Å². The highest BCUT2D eigenvalue weighted by molar-refractivity contribution is 5.97. The third-order valence-corrected chi connectivity index (χ3v) is 6.71. The second kappa shape index (κ2) is 10.4. The lowest BCUT2D eigenvalue weighted by molar-refractivity contribution is 0.0523. The van der Waals surface area contributed by atoms with E-state index in [2.05, 4.69) is 4.99 Å². The highest BCUT2D eigenvalue weighted by Crippen LogP contribution is 2.29. The summed E-state index contributed by atoms with van der Waals surface area (Å²) in [5.74, 6) is -0.550. The Morgan fingerprint density at radius 2 is 1.84 bits per heavy atom. The van der Waals surface area contributed by atoms with Crippen LogP contribution in [0.15, 0.2) is 64.5 Å². The summed E-state index contributed by atoms with van der Waals surface area (Å²) >= 11 is 0. The fourth-order valence-electron chi connectivity index (χ4n) is 4.89. The Hall–Kier alpha value is -4.27. The molecule has 37 heavy (non-hydrogen) atoms. The first-order chi connectivity index (χ1) is 18.0. The van der Waals surface area contributed by atoms with Crippen LogP contribution < -0.4 is 15.8 Å². The Morgan fingerprint density at radius 3 is 2.54 bits per heavy atom. The first-order valence-corrected chi connectivity index (χ1v) is 12.5. The highest BCUT2D eigenvalue weighted by Gasteiger charge is 2.25. The van der Waals surface area contributed by atoms with Gasteiger partial charge in [-0.15, -0.1) is 0 Å². The topological polar surface area (TPSA) is 104 Å². The average Bonchev–Trinajstić information content (AvgIpc) is 2.93. The van der Waals surface area contributed by atoms with Crippen molar-refractivity contribution in [1.82, 2.24) is 14.0 Å². The van der Waals surface area contributed by atoms with Crippen molar-refractivity contribution < 1.29 is 19.1 Å². The van der Waals surface area contributed by atoms with Crippen LogP contribution >= 0.6 is 0 Å². The van der Waals surface area contributed by atoms with E-state index in [0.29, 0.717) is 22.6 Å². The first kappa shape index (κ1) is 24.4. The Bertz CT molecular complexity index is 1610. The van der Waals surface area contributed by atoms with Crippen molar-refractivity contribution in [3.63, 3.8) is 0 Å². The van der Waals surface area contributed by atoms with E-state index >= 15 is 0 Å². The van der Waals surface area contributed by atoms with E-state index in [9.17, 15) is 14.4 Å². The molecule has 9 heteroatoms. The van der Waals surface area contributed by atoms with Gasteiger partial charge in [0.25, 0.3) is 11.5 Å². The zero-order valence-corrected chi connectivity index (χ0v) is 20.8. The first-order valence-electron chi connectivity index (χ1n) is 12.5. The van der Waals surface area contributed by atoms with Gasteiger partial charge in [-0.05, 0) is 62.2 Å². The third kappa shape index (κ3) is 4.64. The van der Waals surface area contributed by atoms with Crippen molar-refractivity contribution >= 4 is 28.6 Å². The number of hydrogen-bond acceptors (Lipinski definition) is 6. The van der Waals surface area contributed by atoms with E-state index in [0.717, 1.165) is 32.1 Å². The van der Waals surface area contributed by atoms with Gasteiger partial charge in [0, 0.05) is 17.8 Å². The second-order valence-electron chi connectivity index (χ2n) is 8.99. The third-order valence-electron chi connectivity index (χ3n) is 6.71. The van der Waals surface area contributed by atoms with E-state index in [-0.39, 0.29) is 34.6 Å². The molecular formula is C28H28N4O5. The van der Waals surface area contributed by atoms with E-state index in [4.69, 9.17) is 14.5 Å². The molecule has 1 aliphatic rings. The van der Waals surface area contributed by atoms with Crippen LogP contribution in [-0.4, -0.2) is 39.5 Å². The molecule has 0 atom stereocenters. The minimum Gasteiger partial charge on any atom is -0.497 e. The van der Waals surface area contributed by atoms with Crippen molar-refractivity contribution in [2.45, 2.75) is 45.1 Å². The van der Waals surface area contributed by atoms with Crippen molar-refractivity contribution in [2.24, 2.45) is 4.99 Å². The molecule has 0 saturated heterocycles. The number of ether oxygens (including phenoxy) is 2. The molecule has 1 aliphatic carbocycles. The number of rotatable bonds is 5. The molecule has 4 aromatic rings. The molecule has 3 heterocycles. The van der Waals surface area contributed by atoms with E-state index < -0.39 is 11.9 Å². The number of fused-ring (bicyclic) bond motifs is 2. The maximum atomic E-state index is 13.5. The lowest BCUT2D eigenvalue weighted by Gasteiger charge is -2.27. The van der Waals surface area contributed by atoms with Gasteiger partial charge in [-0.2, -0.15) is 4.99 Å². The molecule has 3 aromatic heterocycles. The largest absolute Gasteiger partial charge is 0.497 e. The molecule has 1 fully saturated rings. The van der Waals surface area contributed by atoms with Gasteiger partial charge in [-0.3, -0.25) is 14.0 Å². The van der Waals surface area contributed by atoms with Crippen molar-refractivity contribution in [3.05, 3.63) is 81.7 Å². The summed E-state index contributed by atoms with van der Waals surface area (Å²) in [6.07, 6.45) is 6.36. The Morgan fingerprint density at radius 1 is 1.08 bits per heavy atom. The minimum atomic E-state index is -0.646. The molecule has 1 amide bonds.